The van der Waals surface area contributed by atoms with Crippen LogP contribution in [-0.4, -0.2) is 24.3 Å². The number of hydrogen-bond acceptors (Lipinski definition) is 4. The number of rotatable bonds is 5. The van der Waals surface area contributed by atoms with E-state index in [1.54, 1.807) is 36.4 Å². The van der Waals surface area contributed by atoms with Gasteiger partial charge in [-0.05, 0) is 52.7 Å². The molecule has 1 aromatic heterocycles. The lowest BCUT2D eigenvalue weighted by Crippen LogP contribution is -2.46. The summed E-state index contributed by atoms with van der Waals surface area (Å²) in [7, 11) is 0. The van der Waals surface area contributed by atoms with Crippen molar-refractivity contribution < 1.29 is 18.8 Å². The fraction of sp³-hybridized carbons (Fsp3) is 0.0417. The first-order valence-electron chi connectivity index (χ1n) is 9.71. The average molecular weight is 447 g/mol. The van der Waals surface area contributed by atoms with Crippen molar-refractivity contribution in [2.75, 3.05) is 6.54 Å². The molecular formula is C24H18FN3O3S. The van der Waals surface area contributed by atoms with E-state index in [2.05, 4.69) is 16.2 Å². The van der Waals surface area contributed by atoms with Gasteiger partial charge in [-0.3, -0.25) is 25.2 Å². The summed E-state index contributed by atoms with van der Waals surface area (Å²) in [6.45, 7) is -0.294. The van der Waals surface area contributed by atoms with E-state index in [4.69, 9.17) is 0 Å². The highest BCUT2D eigenvalue weighted by molar-refractivity contribution is 7.17. The van der Waals surface area contributed by atoms with Crippen molar-refractivity contribution in [2.45, 2.75) is 0 Å². The molecule has 8 heteroatoms. The molecule has 0 saturated heterocycles. The van der Waals surface area contributed by atoms with Gasteiger partial charge in [0.25, 0.3) is 17.7 Å². The number of carbonyl (C=O) groups excluding carboxylic acids is 3. The van der Waals surface area contributed by atoms with Crippen LogP contribution in [0.5, 0.6) is 0 Å². The molecule has 3 amide bonds. The Labute approximate surface area is 187 Å². The third kappa shape index (κ3) is 4.98. The van der Waals surface area contributed by atoms with Crippen LogP contribution in [-0.2, 0) is 4.79 Å². The van der Waals surface area contributed by atoms with Crippen LogP contribution in [0.15, 0.2) is 78.9 Å². The van der Waals surface area contributed by atoms with Gasteiger partial charge in [-0.2, -0.15) is 0 Å². The number of thiophene rings is 1. The second-order valence-electron chi connectivity index (χ2n) is 6.92. The van der Waals surface area contributed by atoms with E-state index < -0.39 is 11.8 Å². The fourth-order valence-electron chi connectivity index (χ4n) is 3.05. The van der Waals surface area contributed by atoms with Crippen LogP contribution in [0.25, 0.3) is 21.2 Å². The monoisotopic (exact) mass is 447 g/mol. The van der Waals surface area contributed by atoms with E-state index in [1.807, 2.05) is 30.3 Å². The van der Waals surface area contributed by atoms with Gasteiger partial charge in [0.2, 0.25) is 0 Å². The minimum Gasteiger partial charge on any atom is -0.343 e. The summed E-state index contributed by atoms with van der Waals surface area (Å²) in [4.78, 5) is 37.8. The van der Waals surface area contributed by atoms with Crippen LogP contribution in [0.2, 0.25) is 0 Å². The zero-order chi connectivity index (χ0) is 22.5. The third-order valence-electron chi connectivity index (χ3n) is 4.70. The first-order chi connectivity index (χ1) is 15.5. The minimum atomic E-state index is -0.567. The standard InChI is InChI=1S/C24H18FN3O3S/c25-19-9-7-16(8-10-19)20-11-12-21(32-20)24(31)28-27-22(29)14-26-23(30)18-6-5-15-3-1-2-4-17(15)13-18/h1-13H,14H2,(H,26,30)(H,27,29)(H,28,31). The van der Waals surface area contributed by atoms with Gasteiger partial charge >= 0.3 is 0 Å². The molecule has 4 aromatic rings. The molecule has 0 aliphatic rings. The summed E-state index contributed by atoms with van der Waals surface area (Å²) in [5, 5.41) is 4.47. The smallest absolute Gasteiger partial charge is 0.279 e. The molecule has 0 spiro atoms. The molecule has 0 atom stereocenters. The average Bonchev–Trinajstić information content (AvgIpc) is 3.31. The first-order valence-corrected chi connectivity index (χ1v) is 10.5. The van der Waals surface area contributed by atoms with Crippen molar-refractivity contribution in [3.63, 3.8) is 0 Å². The van der Waals surface area contributed by atoms with Crippen molar-refractivity contribution in [1.82, 2.24) is 16.2 Å². The van der Waals surface area contributed by atoms with E-state index in [0.717, 1.165) is 21.2 Å². The van der Waals surface area contributed by atoms with Gasteiger partial charge in [-0.15, -0.1) is 11.3 Å². The fourth-order valence-corrected chi connectivity index (χ4v) is 3.96. The second-order valence-corrected chi connectivity index (χ2v) is 8.00. The van der Waals surface area contributed by atoms with Crippen LogP contribution in [0.4, 0.5) is 4.39 Å². The Hall–Kier alpha value is -4.04. The molecule has 0 radical (unpaired) electrons. The molecule has 0 saturated carbocycles. The lowest BCUT2D eigenvalue weighted by atomic mass is 10.1. The number of fused-ring (bicyclic) bond motifs is 1. The highest BCUT2D eigenvalue weighted by atomic mass is 32.1. The van der Waals surface area contributed by atoms with Crippen molar-refractivity contribution >= 4 is 39.8 Å². The normalized spacial score (nSPS) is 10.5. The molecule has 0 aliphatic heterocycles. The molecule has 6 nitrogen and oxygen atoms in total. The lowest BCUT2D eigenvalue weighted by Gasteiger charge is -2.08. The maximum absolute atomic E-state index is 13.1. The minimum absolute atomic E-state index is 0.294. The van der Waals surface area contributed by atoms with Crippen molar-refractivity contribution in [1.29, 1.82) is 0 Å². The predicted molar refractivity (Wildman–Crippen MR) is 122 cm³/mol. The molecule has 32 heavy (non-hydrogen) atoms. The summed E-state index contributed by atoms with van der Waals surface area (Å²) >= 11 is 1.21. The largest absolute Gasteiger partial charge is 0.343 e. The molecule has 0 fully saturated rings. The summed E-state index contributed by atoms with van der Waals surface area (Å²) in [5.74, 6) is -1.78. The van der Waals surface area contributed by atoms with Gasteiger partial charge in [-0.25, -0.2) is 4.39 Å². The molecular weight excluding hydrogens is 429 g/mol. The van der Waals surface area contributed by atoms with Gasteiger partial charge in [0.1, 0.15) is 5.82 Å². The molecule has 4 rings (SSSR count). The van der Waals surface area contributed by atoms with Crippen LogP contribution in [0.3, 0.4) is 0 Å². The van der Waals surface area contributed by atoms with E-state index >= 15 is 0 Å². The Morgan fingerprint density at radius 3 is 2.31 bits per heavy atom. The Morgan fingerprint density at radius 2 is 1.53 bits per heavy atom. The molecule has 1 heterocycles. The highest BCUT2D eigenvalue weighted by Crippen LogP contribution is 2.28. The second kappa shape index (κ2) is 9.40. The van der Waals surface area contributed by atoms with E-state index in [0.29, 0.717) is 10.4 Å². The molecule has 3 N–H and O–H groups in total. The van der Waals surface area contributed by atoms with E-state index in [1.165, 1.54) is 23.5 Å². The van der Waals surface area contributed by atoms with Crippen molar-refractivity contribution in [3.8, 4) is 10.4 Å². The number of halogens is 1. The van der Waals surface area contributed by atoms with Crippen LogP contribution in [0.1, 0.15) is 20.0 Å². The van der Waals surface area contributed by atoms with Crippen LogP contribution < -0.4 is 16.2 Å². The number of benzene rings is 3. The zero-order valence-corrected chi connectivity index (χ0v) is 17.5. The molecule has 3 aromatic carbocycles. The summed E-state index contributed by atoms with van der Waals surface area (Å²) < 4.78 is 13.1. The predicted octanol–water partition coefficient (Wildman–Crippen LogP) is 3.90. The Balaban J connectivity index is 1.27. The molecule has 0 aliphatic carbocycles. The maximum Gasteiger partial charge on any atom is 0.279 e. The van der Waals surface area contributed by atoms with Crippen LogP contribution in [0, 0.1) is 5.82 Å². The lowest BCUT2D eigenvalue weighted by molar-refractivity contribution is -0.120. The van der Waals surface area contributed by atoms with Gasteiger partial charge in [0.15, 0.2) is 0 Å². The van der Waals surface area contributed by atoms with Gasteiger partial charge in [0, 0.05) is 10.4 Å². The number of nitrogens with one attached hydrogen (secondary N) is 3. The summed E-state index contributed by atoms with van der Waals surface area (Å²) in [5.41, 5.74) is 5.82. The topological polar surface area (TPSA) is 87.3 Å². The molecule has 0 unspecified atom stereocenters. The zero-order valence-electron chi connectivity index (χ0n) is 16.7. The highest BCUT2D eigenvalue weighted by Gasteiger charge is 2.13. The number of carbonyl (C=O) groups is 3. The van der Waals surface area contributed by atoms with Gasteiger partial charge < -0.3 is 5.32 Å². The number of hydrogen-bond donors (Lipinski definition) is 3. The number of hydrazine groups is 1. The number of amides is 3. The Morgan fingerprint density at radius 1 is 0.781 bits per heavy atom. The van der Waals surface area contributed by atoms with E-state index in [-0.39, 0.29) is 18.3 Å². The third-order valence-corrected chi connectivity index (χ3v) is 5.83. The van der Waals surface area contributed by atoms with Crippen LogP contribution >= 0.6 is 11.3 Å². The SMILES string of the molecule is O=C(CNC(=O)c1ccc2ccccc2c1)NNC(=O)c1ccc(-c2ccc(F)cc2)s1. The molecule has 160 valence electrons. The summed E-state index contributed by atoms with van der Waals surface area (Å²) in [6, 6.07) is 22.2. The van der Waals surface area contributed by atoms with Crippen molar-refractivity contribution in [3.05, 3.63) is 95.1 Å². The maximum atomic E-state index is 13.1. The van der Waals surface area contributed by atoms with E-state index in [9.17, 15) is 18.8 Å². The summed E-state index contributed by atoms with van der Waals surface area (Å²) in [6.07, 6.45) is 0. The van der Waals surface area contributed by atoms with Gasteiger partial charge in [0.05, 0.1) is 11.4 Å². The molecule has 0 bridgehead atoms. The first kappa shape index (κ1) is 21.2. The van der Waals surface area contributed by atoms with Crippen molar-refractivity contribution in [2.24, 2.45) is 0 Å². The Kier molecular flexibility index (Phi) is 6.23. The van der Waals surface area contributed by atoms with Gasteiger partial charge in [-0.1, -0.05) is 42.5 Å². The Bertz CT molecular complexity index is 1300. The quantitative estimate of drug-likeness (QED) is 0.406.